The molecule has 2 aliphatic rings. The summed E-state index contributed by atoms with van der Waals surface area (Å²) in [5.41, 5.74) is -0.108. The summed E-state index contributed by atoms with van der Waals surface area (Å²) in [4.78, 5) is 0. The second kappa shape index (κ2) is 10.4. The van der Waals surface area contributed by atoms with Gasteiger partial charge in [-0.25, -0.2) is 0 Å². The maximum absolute atomic E-state index is 8.87. The van der Waals surface area contributed by atoms with Crippen LogP contribution in [0.2, 0.25) is 0 Å². The Morgan fingerprint density at radius 2 is 1.50 bits per heavy atom. The van der Waals surface area contributed by atoms with Gasteiger partial charge in [-0.15, -0.1) is 0 Å². The second-order valence-corrected chi connectivity index (χ2v) is 8.12. The van der Waals surface area contributed by atoms with E-state index in [1.807, 2.05) is 5.06 Å². The minimum Gasteiger partial charge on any atom is -0.378 e. The van der Waals surface area contributed by atoms with Crippen LogP contribution in [0.3, 0.4) is 0 Å². The molecule has 0 radical (unpaired) electrons. The number of hydroxylamine groups is 2. The lowest BCUT2D eigenvalue weighted by molar-refractivity contribution is -0.285. The summed E-state index contributed by atoms with van der Waals surface area (Å²) in [5, 5.41) is 10.8. The number of hydrogen-bond donors (Lipinski definition) is 0. The predicted molar refractivity (Wildman–Crippen MR) is 105 cm³/mol. The molecule has 2 rings (SSSR count). The fourth-order valence-corrected chi connectivity index (χ4v) is 4.80. The van der Waals surface area contributed by atoms with Crippen LogP contribution in [0, 0.1) is 0 Å². The zero-order valence-electron chi connectivity index (χ0n) is 17.5. The summed E-state index contributed by atoms with van der Waals surface area (Å²) < 4.78 is 17.7. The zero-order valence-corrected chi connectivity index (χ0v) is 17.5. The lowest BCUT2D eigenvalue weighted by Crippen LogP contribution is -2.64. The Balaban J connectivity index is 1.83. The molecule has 0 aromatic heterocycles. The molecule has 2 aliphatic heterocycles. The van der Waals surface area contributed by atoms with E-state index >= 15 is 0 Å². The van der Waals surface area contributed by atoms with Gasteiger partial charge in [0.2, 0.25) is 0 Å². The van der Waals surface area contributed by atoms with Crippen LogP contribution in [-0.2, 0) is 14.2 Å². The van der Waals surface area contributed by atoms with Gasteiger partial charge in [-0.2, -0.15) is 0 Å². The number of piperidine rings is 1. The van der Waals surface area contributed by atoms with Crippen molar-refractivity contribution in [2.24, 2.45) is 0 Å². The van der Waals surface area contributed by atoms with Crippen LogP contribution in [0.1, 0.15) is 91.9 Å². The van der Waals surface area contributed by atoms with Crippen molar-refractivity contribution in [3.8, 4) is 0 Å². The molecule has 0 aliphatic carbocycles. The third kappa shape index (κ3) is 4.99. The molecule has 0 aromatic rings. The lowest BCUT2D eigenvalue weighted by Gasteiger charge is -2.52. The van der Waals surface area contributed by atoms with Gasteiger partial charge in [0.15, 0.2) is 6.29 Å². The van der Waals surface area contributed by atoms with E-state index in [1.54, 1.807) is 0 Å². The van der Waals surface area contributed by atoms with Crippen molar-refractivity contribution in [2.45, 2.75) is 115 Å². The van der Waals surface area contributed by atoms with Crippen molar-refractivity contribution in [1.29, 1.82) is 0 Å². The summed E-state index contributed by atoms with van der Waals surface area (Å²) in [6, 6.07) is 0. The van der Waals surface area contributed by atoms with Crippen LogP contribution in [0.5, 0.6) is 0 Å². The molecule has 5 nitrogen and oxygen atoms in total. The highest BCUT2D eigenvalue weighted by molar-refractivity contribution is 5.03. The third-order valence-corrected chi connectivity index (χ3v) is 6.88. The van der Waals surface area contributed by atoms with Gasteiger partial charge < -0.3 is 19.4 Å². The highest BCUT2D eigenvalue weighted by Crippen LogP contribution is 2.45. The predicted octanol–water partition coefficient (Wildman–Crippen LogP) is 4.16. The highest BCUT2D eigenvalue weighted by Gasteiger charge is 2.54. The first-order chi connectivity index (χ1) is 12.6. The lowest BCUT2D eigenvalue weighted by atomic mass is 9.72. The standard InChI is InChI=1S/C21H41NO4/c1-5-20(6-2)16-18(17-21(7-3,8-4)22(20)23)24-14-11-15-26-19-12-9-10-13-25-19/h18-19,23H,5-17H2,1-4H3/p+1. The van der Waals surface area contributed by atoms with Crippen molar-refractivity contribution in [1.82, 2.24) is 5.06 Å². The normalized spacial score (nSPS) is 26.9. The van der Waals surface area contributed by atoms with E-state index < -0.39 is 0 Å². The van der Waals surface area contributed by atoms with Crippen molar-refractivity contribution in [3.63, 3.8) is 0 Å². The van der Waals surface area contributed by atoms with Gasteiger partial charge in [-0.3, -0.25) is 0 Å². The average molecular weight is 373 g/mol. The molecule has 0 bridgehead atoms. The molecule has 26 heavy (non-hydrogen) atoms. The van der Waals surface area contributed by atoms with E-state index in [4.69, 9.17) is 19.4 Å². The molecule has 154 valence electrons. The SMILES string of the molecule is CCC1(CC)CC(OCCCOC2CCCCO2)CC(CC)(CC)N1[OH2+]. The van der Waals surface area contributed by atoms with Gasteiger partial charge in [-0.1, -0.05) is 32.8 Å². The van der Waals surface area contributed by atoms with Gasteiger partial charge in [0.25, 0.3) is 0 Å². The number of hydrogen-bond acceptors (Lipinski definition) is 4. The summed E-state index contributed by atoms with van der Waals surface area (Å²) in [6.45, 7) is 11.2. The number of rotatable bonds is 10. The van der Waals surface area contributed by atoms with Crippen LogP contribution in [-0.4, -0.2) is 53.6 Å². The van der Waals surface area contributed by atoms with Crippen molar-refractivity contribution < 1.29 is 19.4 Å². The van der Waals surface area contributed by atoms with E-state index in [9.17, 15) is 0 Å². The maximum Gasteiger partial charge on any atom is 0.157 e. The largest absolute Gasteiger partial charge is 0.378 e. The Morgan fingerprint density at radius 3 is 2.00 bits per heavy atom. The first-order valence-electron chi connectivity index (χ1n) is 10.9. The molecule has 0 spiro atoms. The van der Waals surface area contributed by atoms with E-state index in [-0.39, 0.29) is 23.5 Å². The molecule has 2 saturated heterocycles. The molecular formula is C21H42NO4+. The van der Waals surface area contributed by atoms with E-state index in [0.29, 0.717) is 6.61 Å². The molecule has 2 N–H and O–H groups in total. The van der Waals surface area contributed by atoms with Gasteiger partial charge >= 0.3 is 0 Å². The Hall–Kier alpha value is -0.200. The summed E-state index contributed by atoms with van der Waals surface area (Å²) in [6.07, 6.45) is 10.5. The average Bonchev–Trinajstić information content (AvgIpc) is 2.70. The molecular weight excluding hydrogens is 330 g/mol. The highest BCUT2D eigenvalue weighted by atomic mass is 16.7. The maximum atomic E-state index is 8.87. The van der Waals surface area contributed by atoms with Crippen LogP contribution in [0.25, 0.3) is 0 Å². The summed E-state index contributed by atoms with van der Waals surface area (Å²) >= 11 is 0. The summed E-state index contributed by atoms with van der Waals surface area (Å²) in [5.74, 6) is 0. The Bertz CT molecular complexity index is 367. The number of nitrogens with zero attached hydrogens (tertiary/aromatic N) is 1. The van der Waals surface area contributed by atoms with E-state index in [1.165, 1.54) is 6.42 Å². The van der Waals surface area contributed by atoms with E-state index in [2.05, 4.69) is 27.7 Å². The third-order valence-electron chi connectivity index (χ3n) is 6.88. The minimum atomic E-state index is -0.0542. The van der Waals surface area contributed by atoms with Crippen molar-refractivity contribution in [2.75, 3.05) is 19.8 Å². The van der Waals surface area contributed by atoms with E-state index in [0.717, 1.165) is 71.0 Å². The molecule has 2 heterocycles. The second-order valence-electron chi connectivity index (χ2n) is 8.12. The Morgan fingerprint density at radius 1 is 0.923 bits per heavy atom. The Labute approximate surface area is 160 Å². The summed E-state index contributed by atoms with van der Waals surface area (Å²) in [7, 11) is 0. The smallest absolute Gasteiger partial charge is 0.157 e. The molecule has 2 fully saturated rings. The number of ether oxygens (including phenoxy) is 3. The Kier molecular flexibility index (Phi) is 8.81. The van der Waals surface area contributed by atoms with Crippen molar-refractivity contribution >= 4 is 0 Å². The molecule has 0 amide bonds. The minimum absolute atomic E-state index is 0.00373. The van der Waals surface area contributed by atoms with Crippen LogP contribution in [0.4, 0.5) is 0 Å². The fraction of sp³-hybridized carbons (Fsp3) is 1.00. The van der Waals surface area contributed by atoms with Crippen LogP contribution >= 0.6 is 0 Å². The van der Waals surface area contributed by atoms with Gasteiger partial charge in [0, 0.05) is 13.2 Å². The quantitative estimate of drug-likeness (QED) is 0.427. The first kappa shape index (κ1) is 22.1. The topological polar surface area (TPSA) is 53.8 Å². The monoisotopic (exact) mass is 372 g/mol. The van der Waals surface area contributed by atoms with Gasteiger partial charge in [0.1, 0.15) is 0 Å². The molecule has 0 aromatic carbocycles. The van der Waals surface area contributed by atoms with Gasteiger partial charge in [-0.05, 0) is 64.2 Å². The van der Waals surface area contributed by atoms with Crippen LogP contribution in [0.15, 0.2) is 0 Å². The van der Waals surface area contributed by atoms with Gasteiger partial charge in [0.05, 0.1) is 23.8 Å². The molecule has 1 unspecified atom stereocenters. The fourth-order valence-electron chi connectivity index (χ4n) is 4.80. The first-order valence-corrected chi connectivity index (χ1v) is 10.9. The van der Waals surface area contributed by atoms with Crippen LogP contribution < -0.4 is 0 Å². The molecule has 5 heteroatoms. The zero-order chi connectivity index (χ0) is 19.0. The molecule has 1 atom stereocenters. The molecule has 0 saturated carbocycles. The van der Waals surface area contributed by atoms with Crippen molar-refractivity contribution in [3.05, 3.63) is 0 Å².